The fourth-order valence-electron chi connectivity index (χ4n) is 4.11. The third-order valence-electron chi connectivity index (χ3n) is 6.28. The maximum atomic E-state index is 12.0. The molecular weight excluding hydrogens is 508 g/mol. The monoisotopic (exact) mass is 534 g/mol. The highest BCUT2D eigenvalue weighted by atomic mass is 32.2. The molecule has 5 heterocycles. The van der Waals surface area contributed by atoms with Gasteiger partial charge in [0.1, 0.15) is 27.2 Å². The van der Waals surface area contributed by atoms with Crippen molar-refractivity contribution in [3.63, 3.8) is 0 Å². The number of pyridine rings is 1. The first kappa shape index (κ1) is 24.2. The summed E-state index contributed by atoms with van der Waals surface area (Å²) in [5.41, 5.74) is 2.98. The molecule has 0 aliphatic heterocycles. The van der Waals surface area contributed by atoms with E-state index in [0.717, 1.165) is 24.1 Å². The number of aromatic nitrogens is 6. The van der Waals surface area contributed by atoms with Crippen LogP contribution in [0, 0.1) is 5.92 Å². The predicted octanol–water partition coefficient (Wildman–Crippen LogP) is 2.11. The van der Waals surface area contributed by atoms with Crippen LogP contribution in [0.1, 0.15) is 30.1 Å². The third kappa shape index (κ3) is 5.43. The van der Waals surface area contributed by atoms with E-state index in [4.69, 9.17) is 4.42 Å². The zero-order chi connectivity index (χ0) is 26.3. The minimum atomic E-state index is -3.01. The van der Waals surface area contributed by atoms with Crippen molar-refractivity contribution in [1.82, 2.24) is 34.5 Å². The molecule has 5 aromatic heterocycles. The second-order valence-electron chi connectivity index (χ2n) is 9.53. The molecule has 1 amide bonds. The number of imidazole rings is 1. The van der Waals surface area contributed by atoms with Gasteiger partial charge in [-0.05, 0) is 49.2 Å². The van der Waals surface area contributed by atoms with Crippen molar-refractivity contribution in [3.05, 3.63) is 66.1 Å². The molecule has 5 aromatic rings. The first-order chi connectivity index (χ1) is 18.3. The molecule has 2 N–H and O–H groups in total. The molecule has 0 bridgehead atoms. The molecule has 6 rings (SSSR count). The van der Waals surface area contributed by atoms with Crippen LogP contribution < -0.4 is 10.6 Å². The van der Waals surface area contributed by atoms with E-state index in [0.29, 0.717) is 54.0 Å². The molecule has 1 saturated carbocycles. The Kier molecular flexibility index (Phi) is 6.16. The Balaban J connectivity index is 1.17. The lowest BCUT2D eigenvalue weighted by atomic mass is 10.2. The topological polar surface area (TPSA) is 149 Å². The summed E-state index contributed by atoms with van der Waals surface area (Å²) in [5.74, 6) is 2.79. The number of nitrogens with zero attached hydrogens (tertiary/aromatic N) is 6. The summed E-state index contributed by atoms with van der Waals surface area (Å²) < 4.78 is 32.1. The molecule has 196 valence electrons. The number of anilines is 1. The third-order valence-corrected chi connectivity index (χ3v) is 7.23. The zero-order valence-corrected chi connectivity index (χ0v) is 21.5. The molecule has 0 saturated heterocycles. The minimum absolute atomic E-state index is 0.00579. The van der Waals surface area contributed by atoms with Gasteiger partial charge in [-0.25, -0.2) is 17.9 Å². The van der Waals surface area contributed by atoms with E-state index >= 15 is 0 Å². The number of fused-ring (bicyclic) bond motifs is 2. The molecule has 13 heteroatoms. The first-order valence-corrected chi connectivity index (χ1v) is 14.3. The van der Waals surface area contributed by atoms with Crippen molar-refractivity contribution >= 4 is 32.9 Å². The van der Waals surface area contributed by atoms with Crippen LogP contribution in [-0.2, 0) is 27.6 Å². The van der Waals surface area contributed by atoms with Crippen molar-refractivity contribution in [2.24, 2.45) is 5.92 Å². The maximum Gasteiger partial charge on any atom is 0.228 e. The Bertz CT molecular complexity index is 1750. The Labute approximate surface area is 218 Å². The highest BCUT2D eigenvalue weighted by molar-refractivity contribution is 7.90. The predicted molar refractivity (Wildman–Crippen MR) is 139 cm³/mol. The van der Waals surface area contributed by atoms with Gasteiger partial charge >= 0.3 is 0 Å². The van der Waals surface area contributed by atoms with Gasteiger partial charge in [-0.3, -0.25) is 9.20 Å². The fraction of sp³-hybridized carbons (Fsp3) is 0.320. The molecule has 12 nitrogen and oxygen atoms in total. The van der Waals surface area contributed by atoms with Gasteiger partial charge in [-0.2, -0.15) is 5.10 Å². The normalized spacial score (nSPS) is 13.9. The molecule has 1 fully saturated rings. The van der Waals surface area contributed by atoms with E-state index in [1.54, 1.807) is 10.7 Å². The van der Waals surface area contributed by atoms with Crippen molar-refractivity contribution < 1.29 is 17.6 Å². The molecule has 0 atom stereocenters. The standard InChI is InChI=1S/C25H26N8O4S/c1-38(35,36)11-10-26-13-19-6-7-20(37-19)17-4-8-23-29-30-24(32(23)14-17)12-18-5-9-22-27-21(15-33(22)31-18)28-25(34)16-2-3-16/h4-9,14-16,26H,2-3,10-13H2,1H3,(H,28,34). The van der Waals surface area contributed by atoms with Gasteiger partial charge in [0.2, 0.25) is 5.91 Å². The number of carbonyl (C=O) groups is 1. The first-order valence-electron chi connectivity index (χ1n) is 12.3. The molecule has 1 aliphatic rings. The molecule has 38 heavy (non-hydrogen) atoms. The van der Waals surface area contributed by atoms with Crippen molar-refractivity contribution in [2.75, 3.05) is 23.9 Å². The summed E-state index contributed by atoms with van der Waals surface area (Å²) in [7, 11) is -3.01. The average molecular weight is 535 g/mol. The van der Waals surface area contributed by atoms with Gasteiger partial charge in [-0.15, -0.1) is 10.2 Å². The van der Waals surface area contributed by atoms with Crippen molar-refractivity contribution in [1.29, 1.82) is 0 Å². The molecule has 0 spiro atoms. The molecular formula is C25H26N8O4S. The van der Waals surface area contributed by atoms with Crippen LogP contribution in [0.3, 0.4) is 0 Å². The van der Waals surface area contributed by atoms with E-state index < -0.39 is 9.84 Å². The van der Waals surface area contributed by atoms with Gasteiger partial charge in [0.15, 0.2) is 17.1 Å². The second kappa shape index (κ2) is 9.65. The molecule has 0 radical (unpaired) electrons. The van der Waals surface area contributed by atoms with Gasteiger partial charge in [0.25, 0.3) is 0 Å². The number of carbonyl (C=O) groups excluding carboxylic acids is 1. The lowest BCUT2D eigenvalue weighted by molar-refractivity contribution is -0.117. The van der Waals surface area contributed by atoms with Crippen LogP contribution in [-0.4, -0.2) is 62.1 Å². The number of nitrogens with one attached hydrogen (secondary N) is 2. The fourth-order valence-corrected chi connectivity index (χ4v) is 4.63. The number of sulfone groups is 1. The summed E-state index contributed by atoms with van der Waals surface area (Å²) in [6, 6.07) is 11.3. The Morgan fingerprint density at radius 2 is 1.92 bits per heavy atom. The summed E-state index contributed by atoms with van der Waals surface area (Å²) >= 11 is 0. The number of rotatable bonds is 10. The number of amides is 1. The van der Waals surface area contributed by atoms with Gasteiger partial charge < -0.3 is 15.1 Å². The number of furan rings is 1. The van der Waals surface area contributed by atoms with E-state index in [9.17, 15) is 13.2 Å². The SMILES string of the molecule is CS(=O)(=O)CCNCc1ccc(-c2ccc3nnc(Cc4ccc5nc(NC(=O)C6CC6)cn5n4)n3c2)o1. The van der Waals surface area contributed by atoms with E-state index in [2.05, 4.69) is 30.9 Å². The summed E-state index contributed by atoms with van der Waals surface area (Å²) in [5, 5.41) is 19.2. The highest BCUT2D eigenvalue weighted by Gasteiger charge is 2.30. The highest BCUT2D eigenvalue weighted by Crippen LogP contribution is 2.30. The lowest BCUT2D eigenvalue weighted by Crippen LogP contribution is -2.21. The van der Waals surface area contributed by atoms with Gasteiger partial charge in [0.05, 0.1) is 30.6 Å². The van der Waals surface area contributed by atoms with E-state index in [1.807, 2.05) is 47.0 Å². The number of hydrogen-bond donors (Lipinski definition) is 2. The molecule has 1 aliphatic carbocycles. The lowest BCUT2D eigenvalue weighted by Gasteiger charge is -2.04. The smallest absolute Gasteiger partial charge is 0.228 e. The summed E-state index contributed by atoms with van der Waals surface area (Å²) in [6.07, 6.45) is 7.16. The van der Waals surface area contributed by atoms with Crippen LogP contribution in [0.4, 0.5) is 5.82 Å². The van der Waals surface area contributed by atoms with Crippen LogP contribution in [0.15, 0.2) is 53.2 Å². The Hall–Kier alpha value is -4.10. The van der Waals surface area contributed by atoms with Gasteiger partial charge in [-0.1, -0.05) is 0 Å². The van der Waals surface area contributed by atoms with Crippen molar-refractivity contribution in [2.45, 2.75) is 25.8 Å². The average Bonchev–Trinajstić information content (AvgIpc) is 3.31. The minimum Gasteiger partial charge on any atom is -0.460 e. The van der Waals surface area contributed by atoms with Crippen molar-refractivity contribution in [3.8, 4) is 11.3 Å². The maximum absolute atomic E-state index is 12.0. The van der Waals surface area contributed by atoms with Crippen LogP contribution >= 0.6 is 0 Å². The number of hydrogen-bond acceptors (Lipinski definition) is 9. The molecule has 0 unspecified atom stereocenters. The quantitative estimate of drug-likeness (QED) is 0.257. The van der Waals surface area contributed by atoms with Crippen LogP contribution in [0.25, 0.3) is 22.6 Å². The Morgan fingerprint density at radius 1 is 1.08 bits per heavy atom. The van der Waals surface area contributed by atoms with Crippen LogP contribution in [0.2, 0.25) is 0 Å². The zero-order valence-electron chi connectivity index (χ0n) is 20.7. The summed E-state index contributed by atoms with van der Waals surface area (Å²) in [6.45, 7) is 0.796. The van der Waals surface area contributed by atoms with Crippen LogP contribution in [0.5, 0.6) is 0 Å². The summed E-state index contributed by atoms with van der Waals surface area (Å²) in [4.78, 5) is 16.5. The second-order valence-corrected chi connectivity index (χ2v) is 11.8. The van der Waals surface area contributed by atoms with E-state index in [-0.39, 0.29) is 17.6 Å². The van der Waals surface area contributed by atoms with Gasteiger partial charge in [0, 0.05) is 30.5 Å². The Morgan fingerprint density at radius 3 is 2.74 bits per heavy atom. The molecule has 0 aromatic carbocycles. The largest absolute Gasteiger partial charge is 0.460 e. The van der Waals surface area contributed by atoms with E-state index in [1.165, 1.54) is 6.26 Å².